The zero-order chi connectivity index (χ0) is 24.8. The summed E-state index contributed by atoms with van der Waals surface area (Å²) in [5.74, 6) is 1.96. The maximum atomic E-state index is 12.8. The zero-order valence-corrected chi connectivity index (χ0v) is 20.0. The monoisotopic (exact) mass is 472 g/mol. The summed E-state index contributed by atoms with van der Waals surface area (Å²) in [6.45, 7) is 1.80. The predicted molar refractivity (Wildman–Crippen MR) is 135 cm³/mol. The summed E-state index contributed by atoms with van der Waals surface area (Å²) in [5.41, 5.74) is 4.92. The van der Waals surface area contributed by atoms with Crippen LogP contribution in [0.3, 0.4) is 0 Å². The molecule has 0 aliphatic carbocycles. The van der Waals surface area contributed by atoms with E-state index in [0.29, 0.717) is 23.6 Å². The van der Waals surface area contributed by atoms with Gasteiger partial charge in [-0.25, -0.2) is 4.98 Å². The van der Waals surface area contributed by atoms with Crippen molar-refractivity contribution in [1.82, 2.24) is 15.3 Å². The Bertz CT molecular complexity index is 1350. The Balaban J connectivity index is 1.39. The number of aromatic nitrogens is 2. The molecular formula is C27H28N4O4. The van der Waals surface area contributed by atoms with Crippen LogP contribution >= 0.6 is 0 Å². The van der Waals surface area contributed by atoms with Gasteiger partial charge in [-0.15, -0.1) is 0 Å². The normalized spacial score (nSPS) is 10.7. The van der Waals surface area contributed by atoms with E-state index in [0.717, 1.165) is 46.5 Å². The van der Waals surface area contributed by atoms with Gasteiger partial charge < -0.3 is 25.1 Å². The first-order valence-corrected chi connectivity index (χ1v) is 11.3. The predicted octanol–water partition coefficient (Wildman–Crippen LogP) is 4.25. The fraction of sp³-hybridized carbons (Fsp3) is 0.222. The van der Waals surface area contributed by atoms with Crippen LogP contribution in [0.25, 0.3) is 11.0 Å². The van der Waals surface area contributed by atoms with Crippen LogP contribution < -0.4 is 20.1 Å². The number of amides is 2. The van der Waals surface area contributed by atoms with Crippen molar-refractivity contribution in [3.8, 4) is 11.5 Å². The maximum Gasteiger partial charge on any atom is 0.251 e. The first kappa shape index (κ1) is 23.8. The molecule has 3 aromatic carbocycles. The second-order valence-corrected chi connectivity index (χ2v) is 8.15. The number of nitrogens with zero attached hydrogens (tertiary/aromatic N) is 1. The number of methoxy groups -OCH3 is 2. The minimum Gasteiger partial charge on any atom is -0.497 e. The highest BCUT2D eigenvalue weighted by atomic mass is 16.5. The molecule has 8 nitrogen and oxygen atoms in total. The molecule has 0 fully saturated rings. The Kier molecular flexibility index (Phi) is 7.30. The third-order valence-electron chi connectivity index (χ3n) is 5.64. The van der Waals surface area contributed by atoms with Crippen molar-refractivity contribution < 1.29 is 19.1 Å². The van der Waals surface area contributed by atoms with Crippen molar-refractivity contribution in [3.05, 3.63) is 83.2 Å². The summed E-state index contributed by atoms with van der Waals surface area (Å²) < 4.78 is 10.7. The average Bonchev–Trinajstić information content (AvgIpc) is 3.28. The van der Waals surface area contributed by atoms with Crippen LogP contribution in [0.4, 0.5) is 5.69 Å². The van der Waals surface area contributed by atoms with Crippen molar-refractivity contribution >= 4 is 28.5 Å². The number of benzene rings is 3. The standard InChI is InChI=1S/C27H28N4O4/c1-17(32)29-21-8-4-18(5-9-21)6-13-26-30-23-11-7-19(15-24(23)31-26)27(33)28-16-20-14-22(34-2)10-12-25(20)35-3/h4-5,7-12,14-15H,6,13,16H2,1-3H3,(H,28,33)(H,29,32)(H,30,31). The fourth-order valence-corrected chi connectivity index (χ4v) is 3.84. The van der Waals surface area contributed by atoms with E-state index in [1.54, 1.807) is 20.3 Å². The molecule has 180 valence electrons. The van der Waals surface area contributed by atoms with Gasteiger partial charge in [0, 0.05) is 36.7 Å². The summed E-state index contributed by atoms with van der Waals surface area (Å²) in [6.07, 6.45) is 1.53. The zero-order valence-electron chi connectivity index (χ0n) is 20.0. The molecule has 0 radical (unpaired) electrons. The number of carbonyl (C=O) groups excluding carboxylic acids is 2. The Morgan fingerprint density at radius 2 is 1.74 bits per heavy atom. The number of imidazole rings is 1. The van der Waals surface area contributed by atoms with Gasteiger partial charge in [-0.2, -0.15) is 0 Å². The Labute approximate surface area is 203 Å². The molecule has 4 aromatic rings. The highest BCUT2D eigenvalue weighted by Crippen LogP contribution is 2.24. The van der Waals surface area contributed by atoms with E-state index >= 15 is 0 Å². The van der Waals surface area contributed by atoms with Crippen molar-refractivity contribution in [1.29, 1.82) is 0 Å². The number of nitrogens with one attached hydrogen (secondary N) is 3. The number of fused-ring (bicyclic) bond motifs is 1. The molecule has 0 saturated carbocycles. The van der Waals surface area contributed by atoms with Crippen molar-refractivity contribution in [3.63, 3.8) is 0 Å². The molecule has 1 heterocycles. The van der Waals surface area contributed by atoms with Crippen LogP contribution in [0.2, 0.25) is 0 Å². The number of carbonyl (C=O) groups is 2. The third kappa shape index (κ3) is 5.97. The maximum absolute atomic E-state index is 12.8. The van der Waals surface area contributed by atoms with Crippen molar-refractivity contribution in [2.24, 2.45) is 0 Å². The van der Waals surface area contributed by atoms with E-state index in [-0.39, 0.29) is 11.8 Å². The number of rotatable bonds is 9. The summed E-state index contributed by atoms with van der Waals surface area (Å²) in [5, 5.41) is 5.71. The molecule has 0 aliphatic rings. The lowest BCUT2D eigenvalue weighted by molar-refractivity contribution is -0.114. The van der Waals surface area contributed by atoms with Crippen LogP contribution in [-0.4, -0.2) is 36.0 Å². The second-order valence-electron chi connectivity index (χ2n) is 8.15. The summed E-state index contributed by atoms with van der Waals surface area (Å²) in [4.78, 5) is 31.9. The first-order chi connectivity index (χ1) is 16.9. The summed E-state index contributed by atoms with van der Waals surface area (Å²) >= 11 is 0. The van der Waals surface area contributed by atoms with Crippen LogP contribution in [0.5, 0.6) is 11.5 Å². The fourth-order valence-electron chi connectivity index (χ4n) is 3.84. The number of aryl methyl sites for hydroxylation is 2. The van der Waals surface area contributed by atoms with Gasteiger partial charge in [0.2, 0.25) is 5.91 Å². The van der Waals surface area contributed by atoms with Gasteiger partial charge in [-0.1, -0.05) is 12.1 Å². The third-order valence-corrected chi connectivity index (χ3v) is 5.64. The number of hydrogen-bond acceptors (Lipinski definition) is 5. The van der Waals surface area contributed by atoms with E-state index in [1.807, 2.05) is 54.6 Å². The van der Waals surface area contributed by atoms with Gasteiger partial charge in [0.25, 0.3) is 5.91 Å². The lowest BCUT2D eigenvalue weighted by Gasteiger charge is -2.11. The van der Waals surface area contributed by atoms with Crippen LogP contribution in [0.15, 0.2) is 60.7 Å². The molecule has 1 aromatic heterocycles. The molecule has 0 spiro atoms. The molecule has 0 bridgehead atoms. The SMILES string of the molecule is COc1ccc(OC)c(CNC(=O)c2ccc3nc(CCc4ccc(NC(C)=O)cc4)[nH]c3c2)c1. The van der Waals surface area contributed by atoms with Crippen LogP contribution in [0.1, 0.15) is 34.2 Å². The molecule has 0 aliphatic heterocycles. The minimum absolute atomic E-state index is 0.0897. The van der Waals surface area contributed by atoms with Gasteiger partial charge in [-0.05, 0) is 60.5 Å². The van der Waals surface area contributed by atoms with Crippen LogP contribution in [0, 0.1) is 0 Å². The second kappa shape index (κ2) is 10.7. The Morgan fingerprint density at radius 1 is 0.943 bits per heavy atom. The molecule has 35 heavy (non-hydrogen) atoms. The van der Waals surface area contributed by atoms with Gasteiger partial charge in [0.15, 0.2) is 0 Å². The minimum atomic E-state index is -0.188. The average molecular weight is 473 g/mol. The van der Waals surface area contributed by atoms with E-state index < -0.39 is 0 Å². The Hall–Kier alpha value is -4.33. The molecular weight excluding hydrogens is 444 g/mol. The molecule has 0 atom stereocenters. The number of hydrogen-bond donors (Lipinski definition) is 3. The number of ether oxygens (including phenoxy) is 2. The summed E-state index contributed by atoms with van der Waals surface area (Å²) in [7, 11) is 3.19. The molecule has 4 rings (SSSR count). The smallest absolute Gasteiger partial charge is 0.251 e. The topological polar surface area (TPSA) is 105 Å². The molecule has 3 N–H and O–H groups in total. The van der Waals surface area contributed by atoms with Crippen molar-refractivity contribution in [2.45, 2.75) is 26.3 Å². The Morgan fingerprint density at radius 3 is 2.46 bits per heavy atom. The van der Waals surface area contributed by atoms with E-state index in [4.69, 9.17) is 9.47 Å². The first-order valence-electron chi connectivity index (χ1n) is 11.3. The number of aromatic amines is 1. The van der Waals surface area contributed by atoms with Gasteiger partial charge in [0.05, 0.1) is 25.3 Å². The van der Waals surface area contributed by atoms with Gasteiger partial charge in [-0.3, -0.25) is 9.59 Å². The van der Waals surface area contributed by atoms with E-state index in [9.17, 15) is 9.59 Å². The van der Waals surface area contributed by atoms with Crippen molar-refractivity contribution in [2.75, 3.05) is 19.5 Å². The molecule has 0 unspecified atom stereocenters. The molecule has 2 amide bonds. The molecule has 0 saturated heterocycles. The van der Waals surface area contributed by atoms with E-state index in [2.05, 4.69) is 20.6 Å². The number of H-pyrrole nitrogens is 1. The number of anilines is 1. The summed E-state index contributed by atoms with van der Waals surface area (Å²) in [6, 6.07) is 18.7. The largest absolute Gasteiger partial charge is 0.497 e. The van der Waals surface area contributed by atoms with Gasteiger partial charge in [0.1, 0.15) is 17.3 Å². The molecule has 8 heteroatoms. The van der Waals surface area contributed by atoms with Crippen LogP contribution in [-0.2, 0) is 24.2 Å². The highest BCUT2D eigenvalue weighted by molar-refractivity contribution is 5.97. The van der Waals surface area contributed by atoms with E-state index in [1.165, 1.54) is 6.92 Å². The van der Waals surface area contributed by atoms with Gasteiger partial charge >= 0.3 is 0 Å². The quantitative estimate of drug-likeness (QED) is 0.338. The lowest BCUT2D eigenvalue weighted by atomic mass is 10.1. The highest BCUT2D eigenvalue weighted by Gasteiger charge is 2.11. The lowest BCUT2D eigenvalue weighted by Crippen LogP contribution is -2.23.